The average molecular weight is 236 g/mol. The number of hydrogen-bond acceptors (Lipinski definition) is 3. The van der Waals surface area contributed by atoms with Crippen LogP contribution in [0.2, 0.25) is 0 Å². The number of hydrogen-bond donors (Lipinski definition) is 1. The molecule has 1 fully saturated rings. The molecule has 96 valence electrons. The third-order valence-electron chi connectivity index (χ3n) is 2.80. The predicted octanol–water partition coefficient (Wildman–Crippen LogP) is 2.17. The van der Waals surface area contributed by atoms with Crippen LogP contribution in [0.1, 0.15) is 19.4 Å². The van der Waals surface area contributed by atoms with Gasteiger partial charge in [0.1, 0.15) is 0 Å². The molecule has 0 bridgehead atoms. The molecule has 1 aliphatic rings. The lowest BCUT2D eigenvalue weighted by atomic mass is 10.1. The Morgan fingerprint density at radius 2 is 1.71 bits per heavy atom. The fraction of sp³-hybridized carbons (Fsp3) is 0.571. The van der Waals surface area contributed by atoms with Gasteiger partial charge in [0.05, 0.1) is 13.2 Å². The normalized spacial score (nSPS) is 16.1. The monoisotopic (exact) mass is 236 g/mol. The SMILES string of the molecule is CC.Nc1ccc(CCN2CCOCC2)cc1. The lowest BCUT2D eigenvalue weighted by Gasteiger charge is -2.26. The minimum absolute atomic E-state index is 0.838. The fourth-order valence-corrected chi connectivity index (χ4v) is 1.80. The molecule has 3 nitrogen and oxygen atoms in total. The van der Waals surface area contributed by atoms with Gasteiger partial charge in [0.25, 0.3) is 0 Å². The Morgan fingerprint density at radius 1 is 1.12 bits per heavy atom. The zero-order valence-corrected chi connectivity index (χ0v) is 11.0. The van der Waals surface area contributed by atoms with Gasteiger partial charge in [-0.25, -0.2) is 0 Å². The third-order valence-corrected chi connectivity index (χ3v) is 2.80. The van der Waals surface area contributed by atoms with Gasteiger partial charge in [-0.2, -0.15) is 0 Å². The number of rotatable bonds is 3. The van der Waals surface area contributed by atoms with E-state index in [1.165, 1.54) is 5.56 Å². The maximum Gasteiger partial charge on any atom is 0.0594 e. The van der Waals surface area contributed by atoms with Crippen LogP contribution < -0.4 is 5.73 Å². The molecule has 3 heteroatoms. The van der Waals surface area contributed by atoms with Crippen LogP contribution in [0, 0.1) is 0 Å². The van der Waals surface area contributed by atoms with E-state index in [4.69, 9.17) is 10.5 Å². The molecule has 17 heavy (non-hydrogen) atoms. The summed E-state index contributed by atoms with van der Waals surface area (Å²) in [6, 6.07) is 8.15. The molecule has 0 spiro atoms. The first-order valence-corrected chi connectivity index (χ1v) is 6.49. The molecule has 0 saturated carbocycles. The second-order valence-corrected chi connectivity index (χ2v) is 3.95. The first-order valence-electron chi connectivity index (χ1n) is 6.49. The van der Waals surface area contributed by atoms with E-state index in [0.29, 0.717) is 0 Å². The van der Waals surface area contributed by atoms with Crippen molar-refractivity contribution in [2.45, 2.75) is 20.3 Å². The second-order valence-electron chi connectivity index (χ2n) is 3.95. The van der Waals surface area contributed by atoms with Gasteiger partial charge < -0.3 is 10.5 Å². The number of ether oxygens (including phenoxy) is 1. The van der Waals surface area contributed by atoms with Crippen molar-refractivity contribution in [3.05, 3.63) is 29.8 Å². The summed E-state index contributed by atoms with van der Waals surface area (Å²) in [5, 5.41) is 0. The second kappa shape index (κ2) is 8.09. The van der Waals surface area contributed by atoms with Crippen molar-refractivity contribution in [2.75, 3.05) is 38.6 Å². The molecule has 0 aromatic heterocycles. The summed E-state index contributed by atoms with van der Waals surface area (Å²) in [4.78, 5) is 2.44. The smallest absolute Gasteiger partial charge is 0.0594 e. The lowest BCUT2D eigenvalue weighted by molar-refractivity contribution is 0.0384. The van der Waals surface area contributed by atoms with Gasteiger partial charge in [-0.3, -0.25) is 4.90 Å². The lowest BCUT2D eigenvalue weighted by Crippen LogP contribution is -2.37. The quantitative estimate of drug-likeness (QED) is 0.817. The highest BCUT2D eigenvalue weighted by atomic mass is 16.5. The molecule has 1 aromatic rings. The van der Waals surface area contributed by atoms with E-state index >= 15 is 0 Å². The molecule has 0 aliphatic carbocycles. The number of anilines is 1. The van der Waals surface area contributed by atoms with Gasteiger partial charge in [-0.1, -0.05) is 26.0 Å². The molecule has 1 aromatic carbocycles. The van der Waals surface area contributed by atoms with Crippen molar-refractivity contribution in [3.8, 4) is 0 Å². The van der Waals surface area contributed by atoms with Crippen LogP contribution in [-0.4, -0.2) is 37.7 Å². The van der Waals surface area contributed by atoms with Crippen LogP contribution >= 0.6 is 0 Å². The summed E-state index contributed by atoms with van der Waals surface area (Å²) in [5.74, 6) is 0. The number of nitrogens with zero attached hydrogens (tertiary/aromatic N) is 1. The van der Waals surface area contributed by atoms with Gasteiger partial charge in [0.15, 0.2) is 0 Å². The van der Waals surface area contributed by atoms with Crippen LogP contribution in [0.3, 0.4) is 0 Å². The van der Waals surface area contributed by atoms with Gasteiger partial charge in [-0.15, -0.1) is 0 Å². The topological polar surface area (TPSA) is 38.5 Å². The van der Waals surface area contributed by atoms with E-state index in [1.807, 2.05) is 26.0 Å². The first-order chi connectivity index (χ1) is 8.34. The van der Waals surface area contributed by atoms with E-state index < -0.39 is 0 Å². The van der Waals surface area contributed by atoms with Crippen LogP contribution in [0.5, 0.6) is 0 Å². The minimum atomic E-state index is 0.838. The highest BCUT2D eigenvalue weighted by Crippen LogP contribution is 2.07. The van der Waals surface area contributed by atoms with Crippen molar-refractivity contribution in [2.24, 2.45) is 0 Å². The molecule has 0 radical (unpaired) electrons. The molecule has 1 heterocycles. The first kappa shape index (κ1) is 14.0. The van der Waals surface area contributed by atoms with E-state index in [1.54, 1.807) is 0 Å². The van der Waals surface area contributed by atoms with Crippen molar-refractivity contribution in [3.63, 3.8) is 0 Å². The summed E-state index contributed by atoms with van der Waals surface area (Å²) in [7, 11) is 0. The Morgan fingerprint density at radius 3 is 2.29 bits per heavy atom. The van der Waals surface area contributed by atoms with E-state index in [2.05, 4.69) is 17.0 Å². The largest absolute Gasteiger partial charge is 0.399 e. The number of nitrogen functional groups attached to an aromatic ring is 1. The molecule has 0 unspecified atom stereocenters. The highest BCUT2D eigenvalue weighted by molar-refractivity contribution is 5.39. The summed E-state index contributed by atoms with van der Waals surface area (Å²) in [5.41, 5.74) is 7.83. The van der Waals surface area contributed by atoms with Gasteiger partial charge >= 0.3 is 0 Å². The molecule has 2 rings (SSSR count). The number of morpholine rings is 1. The van der Waals surface area contributed by atoms with Gasteiger partial charge in [0.2, 0.25) is 0 Å². The number of benzene rings is 1. The average Bonchev–Trinajstić information content (AvgIpc) is 2.42. The Kier molecular flexibility index (Phi) is 6.67. The Labute approximate surface area is 105 Å². The molecule has 2 N–H and O–H groups in total. The van der Waals surface area contributed by atoms with Crippen molar-refractivity contribution in [1.82, 2.24) is 4.90 Å². The van der Waals surface area contributed by atoms with Crippen LogP contribution in [0.25, 0.3) is 0 Å². The van der Waals surface area contributed by atoms with Gasteiger partial charge in [0, 0.05) is 25.3 Å². The van der Waals surface area contributed by atoms with Crippen molar-refractivity contribution < 1.29 is 4.74 Å². The summed E-state index contributed by atoms with van der Waals surface area (Å²) >= 11 is 0. The zero-order chi connectivity index (χ0) is 12.5. The van der Waals surface area contributed by atoms with Crippen LogP contribution in [0.15, 0.2) is 24.3 Å². The summed E-state index contributed by atoms with van der Waals surface area (Å²) in [6.07, 6.45) is 1.10. The Hall–Kier alpha value is -1.06. The summed E-state index contributed by atoms with van der Waals surface area (Å²) in [6.45, 7) is 9.00. The Bertz CT molecular complexity index is 292. The number of nitrogens with two attached hydrogens (primary N) is 1. The zero-order valence-electron chi connectivity index (χ0n) is 11.0. The van der Waals surface area contributed by atoms with Crippen molar-refractivity contribution >= 4 is 5.69 Å². The minimum Gasteiger partial charge on any atom is -0.399 e. The van der Waals surface area contributed by atoms with Crippen molar-refractivity contribution in [1.29, 1.82) is 0 Å². The maximum absolute atomic E-state index is 5.64. The fourth-order valence-electron chi connectivity index (χ4n) is 1.80. The van der Waals surface area contributed by atoms with E-state index in [9.17, 15) is 0 Å². The molecular weight excluding hydrogens is 212 g/mol. The van der Waals surface area contributed by atoms with Crippen LogP contribution in [-0.2, 0) is 11.2 Å². The molecule has 1 saturated heterocycles. The molecule has 0 atom stereocenters. The molecule has 0 amide bonds. The Balaban J connectivity index is 0.000000686. The standard InChI is InChI=1S/C12H18N2O.C2H6/c13-12-3-1-11(2-4-12)5-6-14-7-9-15-10-8-14;1-2/h1-4H,5-10,13H2;1-2H3. The highest BCUT2D eigenvalue weighted by Gasteiger charge is 2.09. The van der Waals surface area contributed by atoms with E-state index in [0.717, 1.165) is 45.0 Å². The predicted molar refractivity (Wildman–Crippen MR) is 73.2 cm³/mol. The molecule has 1 aliphatic heterocycles. The molecular formula is C14H24N2O. The van der Waals surface area contributed by atoms with Gasteiger partial charge in [-0.05, 0) is 24.1 Å². The third kappa shape index (κ3) is 5.20. The summed E-state index contributed by atoms with van der Waals surface area (Å²) < 4.78 is 5.31. The van der Waals surface area contributed by atoms with E-state index in [-0.39, 0.29) is 0 Å². The maximum atomic E-state index is 5.64. The van der Waals surface area contributed by atoms with Crippen LogP contribution in [0.4, 0.5) is 5.69 Å².